The number of hydrogen-bond acceptors (Lipinski definition) is 4. The molecule has 1 aliphatic carbocycles. The Morgan fingerprint density at radius 1 is 1.24 bits per heavy atom. The SMILES string of the molecule is CCC1CCC(O)(CNCC(=O)NC2CCOCC2)CC1. The van der Waals surface area contributed by atoms with Crippen LogP contribution in [-0.4, -0.2) is 49.0 Å². The molecule has 1 heterocycles. The van der Waals surface area contributed by atoms with Crippen molar-refractivity contribution in [2.24, 2.45) is 5.92 Å². The van der Waals surface area contributed by atoms with E-state index in [0.29, 0.717) is 6.54 Å². The van der Waals surface area contributed by atoms with E-state index in [1.807, 2.05) is 0 Å². The summed E-state index contributed by atoms with van der Waals surface area (Å²) in [6, 6.07) is 0.246. The van der Waals surface area contributed by atoms with Gasteiger partial charge in [-0.15, -0.1) is 0 Å². The second-order valence-corrected chi connectivity index (χ2v) is 6.63. The molecule has 1 saturated heterocycles. The molecule has 0 radical (unpaired) electrons. The van der Waals surface area contributed by atoms with E-state index >= 15 is 0 Å². The highest BCUT2D eigenvalue weighted by Crippen LogP contribution is 2.33. The van der Waals surface area contributed by atoms with Crippen molar-refractivity contribution in [2.75, 3.05) is 26.3 Å². The number of ether oxygens (including phenoxy) is 1. The quantitative estimate of drug-likeness (QED) is 0.689. The molecule has 0 spiro atoms. The zero-order valence-electron chi connectivity index (χ0n) is 13.2. The van der Waals surface area contributed by atoms with Crippen molar-refractivity contribution in [1.82, 2.24) is 10.6 Å². The average molecular weight is 298 g/mol. The van der Waals surface area contributed by atoms with Crippen molar-refractivity contribution in [3.63, 3.8) is 0 Å². The average Bonchev–Trinajstić information content (AvgIpc) is 2.49. The summed E-state index contributed by atoms with van der Waals surface area (Å²) in [5.41, 5.74) is -0.620. The summed E-state index contributed by atoms with van der Waals surface area (Å²) in [6.45, 7) is 4.49. The molecule has 0 bridgehead atoms. The highest BCUT2D eigenvalue weighted by Gasteiger charge is 2.32. The molecule has 3 N–H and O–H groups in total. The third kappa shape index (κ3) is 5.57. The molecule has 5 nitrogen and oxygen atoms in total. The summed E-state index contributed by atoms with van der Waals surface area (Å²) >= 11 is 0. The molecule has 2 rings (SSSR count). The van der Waals surface area contributed by atoms with Gasteiger partial charge in [0.15, 0.2) is 0 Å². The molecular formula is C16H30N2O3. The predicted molar refractivity (Wildman–Crippen MR) is 82.1 cm³/mol. The number of nitrogens with one attached hydrogen (secondary N) is 2. The van der Waals surface area contributed by atoms with E-state index in [0.717, 1.165) is 57.7 Å². The first-order chi connectivity index (χ1) is 10.1. The summed E-state index contributed by atoms with van der Waals surface area (Å²) in [4.78, 5) is 11.9. The maximum absolute atomic E-state index is 11.9. The summed E-state index contributed by atoms with van der Waals surface area (Å²) in [6.07, 6.45) is 6.89. The Bertz CT molecular complexity index is 321. The molecule has 1 saturated carbocycles. The Morgan fingerprint density at radius 3 is 2.52 bits per heavy atom. The first-order valence-corrected chi connectivity index (χ1v) is 8.41. The van der Waals surface area contributed by atoms with Crippen LogP contribution in [0.1, 0.15) is 51.9 Å². The van der Waals surface area contributed by atoms with Crippen LogP contribution in [0, 0.1) is 5.92 Å². The van der Waals surface area contributed by atoms with Crippen molar-refractivity contribution < 1.29 is 14.6 Å². The Hall–Kier alpha value is -0.650. The number of amides is 1. The normalized spacial score (nSPS) is 31.0. The lowest BCUT2D eigenvalue weighted by atomic mass is 9.78. The van der Waals surface area contributed by atoms with E-state index in [-0.39, 0.29) is 18.5 Å². The topological polar surface area (TPSA) is 70.6 Å². The number of carbonyl (C=O) groups excluding carboxylic acids is 1. The number of carbonyl (C=O) groups is 1. The highest BCUT2D eigenvalue weighted by molar-refractivity contribution is 5.78. The first-order valence-electron chi connectivity index (χ1n) is 8.41. The van der Waals surface area contributed by atoms with E-state index in [9.17, 15) is 9.90 Å². The van der Waals surface area contributed by atoms with Crippen LogP contribution in [0.4, 0.5) is 0 Å². The van der Waals surface area contributed by atoms with Gasteiger partial charge in [-0.3, -0.25) is 4.79 Å². The minimum absolute atomic E-state index is 0.0211. The summed E-state index contributed by atoms with van der Waals surface area (Å²) in [5, 5.41) is 16.7. The van der Waals surface area contributed by atoms with Crippen molar-refractivity contribution in [3.8, 4) is 0 Å². The lowest BCUT2D eigenvalue weighted by Crippen LogP contribution is -2.48. The molecule has 2 fully saturated rings. The zero-order chi connectivity index (χ0) is 15.1. The Balaban J connectivity index is 1.61. The molecule has 0 unspecified atom stereocenters. The molecule has 21 heavy (non-hydrogen) atoms. The molecule has 2 aliphatic rings. The van der Waals surface area contributed by atoms with Crippen LogP contribution < -0.4 is 10.6 Å². The number of aliphatic hydroxyl groups is 1. The zero-order valence-corrected chi connectivity index (χ0v) is 13.2. The van der Waals surface area contributed by atoms with Crippen LogP contribution in [0.15, 0.2) is 0 Å². The van der Waals surface area contributed by atoms with Gasteiger partial charge < -0.3 is 20.5 Å². The standard InChI is InChI=1S/C16H30N2O3/c1-2-13-3-7-16(20,8-4-13)12-17-11-15(19)18-14-5-9-21-10-6-14/h13-14,17,20H,2-12H2,1H3,(H,18,19). The molecule has 1 amide bonds. The van der Waals surface area contributed by atoms with Crippen LogP contribution in [0.3, 0.4) is 0 Å². The molecule has 0 atom stereocenters. The molecule has 0 aromatic carbocycles. The monoisotopic (exact) mass is 298 g/mol. The number of rotatable bonds is 6. The van der Waals surface area contributed by atoms with Crippen molar-refractivity contribution >= 4 is 5.91 Å². The van der Waals surface area contributed by atoms with Crippen molar-refractivity contribution in [3.05, 3.63) is 0 Å². The van der Waals surface area contributed by atoms with E-state index < -0.39 is 5.60 Å². The lowest BCUT2D eigenvalue weighted by molar-refractivity contribution is -0.121. The smallest absolute Gasteiger partial charge is 0.234 e. The fourth-order valence-electron chi connectivity index (χ4n) is 3.33. The molecule has 5 heteroatoms. The summed E-state index contributed by atoms with van der Waals surface area (Å²) in [5.74, 6) is 0.787. The van der Waals surface area contributed by atoms with Crippen LogP contribution in [-0.2, 0) is 9.53 Å². The van der Waals surface area contributed by atoms with Crippen molar-refractivity contribution in [1.29, 1.82) is 0 Å². The van der Waals surface area contributed by atoms with Gasteiger partial charge in [-0.25, -0.2) is 0 Å². The van der Waals surface area contributed by atoms with Crippen LogP contribution >= 0.6 is 0 Å². The second-order valence-electron chi connectivity index (χ2n) is 6.63. The summed E-state index contributed by atoms with van der Waals surface area (Å²) < 4.78 is 5.27. The fourth-order valence-corrected chi connectivity index (χ4v) is 3.33. The van der Waals surface area contributed by atoms with E-state index in [1.54, 1.807) is 0 Å². The van der Waals surface area contributed by atoms with E-state index in [1.165, 1.54) is 6.42 Å². The van der Waals surface area contributed by atoms with Gasteiger partial charge in [0, 0.05) is 25.8 Å². The van der Waals surface area contributed by atoms with Gasteiger partial charge in [-0.1, -0.05) is 13.3 Å². The van der Waals surface area contributed by atoms with Gasteiger partial charge >= 0.3 is 0 Å². The largest absolute Gasteiger partial charge is 0.389 e. The number of hydrogen-bond donors (Lipinski definition) is 3. The molecule has 1 aliphatic heterocycles. The van der Waals surface area contributed by atoms with E-state index in [2.05, 4.69) is 17.6 Å². The Labute approximate surface area is 127 Å². The maximum atomic E-state index is 11.9. The highest BCUT2D eigenvalue weighted by atomic mass is 16.5. The Kier molecular flexibility index (Phi) is 6.45. The van der Waals surface area contributed by atoms with Crippen molar-refractivity contribution in [2.45, 2.75) is 63.5 Å². The minimum Gasteiger partial charge on any atom is -0.389 e. The second kappa shape index (κ2) is 8.11. The van der Waals surface area contributed by atoms with Crippen LogP contribution in [0.25, 0.3) is 0 Å². The lowest BCUT2D eigenvalue weighted by Gasteiger charge is -2.36. The van der Waals surface area contributed by atoms with Gasteiger partial charge in [-0.05, 0) is 44.4 Å². The molecular weight excluding hydrogens is 268 g/mol. The fraction of sp³-hybridized carbons (Fsp3) is 0.938. The molecule has 0 aromatic heterocycles. The summed E-state index contributed by atoms with van der Waals surface area (Å²) in [7, 11) is 0. The van der Waals surface area contributed by atoms with Crippen LogP contribution in [0.5, 0.6) is 0 Å². The van der Waals surface area contributed by atoms with Crippen LogP contribution in [0.2, 0.25) is 0 Å². The van der Waals surface area contributed by atoms with Gasteiger partial charge in [0.25, 0.3) is 0 Å². The van der Waals surface area contributed by atoms with Gasteiger partial charge in [-0.2, -0.15) is 0 Å². The van der Waals surface area contributed by atoms with Gasteiger partial charge in [0.1, 0.15) is 0 Å². The predicted octanol–water partition coefficient (Wildman–Crippen LogP) is 1.20. The first kappa shape index (κ1) is 16.7. The van der Waals surface area contributed by atoms with Gasteiger partial charge in [0.2, 0.25) is 5.91 Å². The third-order valence-electron chi connectivity index (χ3n) is 4.94. The van der Waals surface area contributed by atoms with E-state index in [4.69, 9.17) is 4.74 Å². The van der Waals surface area contributed by atoms with Gasteiger partial charge in [0.05, 0.1) is 12.1 Å². The molecule has 122 valence electrons. The minimum atomic E-state index is -0.620. The third-order valence-corrected chi connectivity index (χ3v) is 4.94. The maximum Gasteiger partial charge on any atom is 0.234 e. The molecule has 0 aromatic rings. The Morgan fingerprint density at radius 2 is 1.90 bits per heavy atom.